The van der Waals surface area contributed by atoms with E-state index < -0.39 is 5.82 Å². The van der Waals surface area contributed by atoms with Crippen LogP contribution in [0.2, 0.25) is 0 Å². The van der Waals surface area contributed by atoms with Gasteiger partial charge >= 0.3 is 0 Å². The van der Waals surface area contributed by atoms with E-state index in [0.29, 0.717) is 10.9 Å². The van der Waals surface area contributed by atoms with Crippen LogP contribution in [0.4, 0.5) is 4.39 Å². The Bertz CT molecular complexity index is 424. The third kappa shape index (κ3) is 1.31. The molecule has 0 atom stereocenters. The molecule has 1 aliphatic carbocycles. The largest absolute Gasteiger partial charge is 0.294 e. The van der Waals surface area contributed by atoms with E-state index in [4.69, 9.17) is 0 Å². The molecule has 14 heavy (non-hydrogen) atoms. The van der Waals surface area contributed by atoms with Crippen LogP contribution in [-0.4, -0.2) is 5.78 Å². The third-order valence-electron chi connectivity index (χ3n) is 2.67. The second kappa shape index (κ2) is 2.89. The van der Waals surface area contributed by atoms with Gasteiger partial charge in [0.1, 0.15) is 5.82 Å². The Morgan fingerprint density at radius 2 is 2.07 bits per heavy atom. The van der Waals surface area contributed by atoms with Crippen LogP contribution in [0.5, 0.6) is 0 Å². The summed E-state index contributed by atoms with van der Waals surface area (Å²) >= 11 is 3.24. The van der Waals surface area contributed by atoms with Gasteiger partial charge in [0.2, 0.25) is 0 Å². The molecule has 0 N–H and O–H groups in total. The number of halogens is 2. The molecule has 74 valence electrons. The summed E-state index contributed by atoms with van der Waals surface area (Å²) in [7, 11) is 0. The highest BCUT2D eigenvalue weighted by Crippen LogP contribution is 2.40. The number of carbonyl (C=O) groups excluding carboxylic acids is 1. The number of hydrogen-bond acceptors (Lipinski definition) is 1. The molecule has 0 aromatic heterocycles. The molecule has 0 aliphatic heterocycles. The summed E-state index contributed by atoms with van der Waals surface area (Å²) in [5, 5.41) is 0. The van der Waals surface area contributed by atoms with E-state index in [0.717, 1.165) is 5.56 Å². The molecule has 1 aromatic carbocycles. The average Bonchev–Trinajstić information content (AvgIpc) is 2.21. The van der Waals surface area contributed by atoms with E-state index in [2.05, 4.69) is 15.9 Å². The molecular formula is C11H10BrFO. The van der Waals surface area contributed by atoms with Gasteiger partial charge in [0, 0.05) is 10.9 Å². The quantitative estimate of drug-likeness (QED) is 0.695. The Balaban J connectivity index is 2.75. The van der Waals surface area contributed by atoms with Crippen molar-refractivity contribution in [1.82, 2.24) is 0 Å². The number of carbonyl (C=O) groups is 1. The molecule has 0 saturated heterocycles. The van der Waals surface area contributed by atoms with Gasteiger partial charge < -0.3 is 0 Å². The number of benzene rings is 1. The molecule has 2 rings (SSSR count). The van der Waals surface area contributed by atoms with Crippen LogP contribution in [0.15, 0.2) is 16.6 Å². The normalized spacial score (nSPS) is 18.4. The van der Waals surface area contributed by atoms with Crippen molar-refractivity contribution in [3.63, 3.8) is 0 Å². The van der Waals surface area contributed by atoms with Gasteiger partial charge in [-0.1, -0.05) is 29.8 Å². The molecule has 0 bridgehead atoms. The van der Waals surface area contributed by atoms with E-state index in [1.165, 1.54) is 6.07 Å². The zero-order valence-corrected chi connectivity index (χ0v) is 9.61. The highest BCUT2D eigenvalue weighted by atomic mass is 79.9. The fourth-order valence-electron chi connectivity index (χ4n) is 1.98. The summed E-state index contributed by atoms with van der Waals surface area (Å²) in [4.78, 5) is 11.6. The van der Waals surface area contributed by atoms with Gasteiger partial charge in [0.05, 0.1) is 5.56 Å². The first-order chi connectivity index (χ1) is 6.42. The average molecular weight is 257 g/mol. The summed E-state index contributed by atoms with van der Waals surface area (Å²) in [6, 6.07) is 3.18. The molecule has 0 radical (unpaired) electrons. The number of fused-ring (bicyclic) bond motifs is 1. The number of ketones is 1. The lowest BCUT2D eigenvalue weighted by Gasteiger charge is -2.17. The topological polar surface area (TPSA) is 17.1 Å². The minimum atomic E-state index is -0.412. The summed E-state index contributed by atoms with van der Waals surface area (Å²) in [5.74, 6) is -0.500. The van der Waals surface area contributed by atoms with Crippen molar-refractivity contribution in [2.24, 2.45) is 0 Å². The van der Waals surface area contributed by atoms with Crippen molar-refractivity contribution < 1.29 is 9.18 Å². The van der Waals surface area contributed by atoms with Crippen molar-refractivity contribution >= 4 is 21.7 Å². The monoisotopic (exact) mass is 256 g/mol. The van der Waals surface area contributed by atoms with Crippen LogP contribution < -0.4 is 0 Å². The standard InChI is InChI=1S/C11H10BrFO/c1-11(2)5-9(14)10-7(11)3-6(12)4-8(10)13/h3-4H,5H2,1-2H3. The Labute approximate surface area is 90.4 Å². The Hall–Kier alpha value is -0.700. The predicted molar refractivity (Wildman–Crippen MR) is 56.1 cm³/mol. The van der Waals surface area contributed by atoms with Crippen molar-refractivity contribution in [1.29, 1.82) is 0 Å². The first-order valence-electron chi connectivity index (χ1n) is 4.44. The molecule has 1 nitrogen and oxygen atoms in total. The minimum Gasteiger partial charge on any atom is -0.294 e. The second-order valence-electron chi connectivity index (χ2n) is 4.29. The Morgan fingerprint density at radius 3 is 2.71 bits per heavy atom. The van der Waals surface area contributed by atoms with Crippen LogP contribution in [-0.2, 0) is 5.41 Å². The summed E-state index contributed by atoms with van der Waals surface area (Å²) < 4.78 is 14.2. The van der Waals surface area contributed by atoms with Crippen LogP contribution in [0, 0.1) is 5.82 Å². The van der Waals surface area contributed by atoms with Gasteiger partial charge in [-0.2, -0.15) is 0 Å². The predicted octanol–water partition coefficient (Wildman–Crippen LogP) is 3.45. The zero-order valence-electron chi connectivity index (χ0n) is 8.03. The summed E-state index contributed by atoms with van der Waals surface area (Å²) in [6.07, 6.45) is 0.399. The SMILES string of the molecule is CC1(C)CC(=O)c2c(F)cc(Br)cc21. The maximum absolute atomic E-state index is 13.5. The third-order valence-corrected chi connectivity index (χ3v) is 3.12. The van der Waals surface area contributed by atoms with Gasteiger partial charge in [-0.25, -0.2) is 4.39 Å². The van der Waals surface area contributed by atoms with Crippen LogP contribution >= 0.6 is 15.9 Å². The molecule has 0 spiro atoms. The van der Waals surface area contributed by atoms with Gasteiger partial charge in [0.25, 0.3) is 0 Å². The molecule has 0 unspecified atom stereocenters. The molecule has 0 heterocycles. The van der Waals surface area contributed by atoms with Gasteiger partial charge in [-0.15, -0.1) is 0 Å². The second-order valence-corrected chi connectivity index (χ2v) is 5.21. The fourth-order valence-corrected chi connectivity index (χ4v) is 2.41. The highest BCUT2D eigenvalue weighted by molar-refractivity contribution is 9.10. The molecule has 0 fully saturated rings. The van der Waals surface area contributed by atoms with E-state index in [9.17, 15) is 9.18 Å². The van der Waals surface area contributed by atoms with Gasteiger partial charge in [-0.3, -0.25) is 4.79 Å². The number of rotatable bonds is 0. The van der Waals surface area contributed by atoms with Crippen LogP contribution in [0.1, 0.15) is 36.2 Å². The fraction of sp³-hybridized carbons (Fsp3) is 0.364. The first-order valence-corrected chi connectivity index (χ1v) is 5.24. The lowest BCUT2D eigenvalue weighted by atomic mass is 9.87. The van der Waals surface area contributed by atoms with Crippen molar-refractivity contribution in [2.45, 2.75) is 25.7 Å². The smallest absolute Gasteiger partial charge is 0.166 e. The zero-order chi connectivity index (χ0) is 10.5. The lowest BCUT2D eigenvalue weighted by Crippen LogP contribution is -2.12. The van der Waals surface area contributed by atoms with Crippen molar-refractivity contribution in [2.75, 3.05) is 0 Å². The number of Topliss-reactive ketones (excluding diaryl/α,β-unsaturated/α-hetero) is 1. The maximum Gasteiger partial charge on any atom is 0.166 e. The van der Waals surface area contributed by atoms with E-state index in [1.807, 2.05) is 19.9 Å². The molecule has 1 aromatic rings. The van der Waals surface area contributed by atoms with Crippen LogP contribution in [0.3, 0.4) is 0 Å². The molecule has 0 saturated carbocycles. The van der Waals surface area contributed by atoms with Crippen molar-refractivity contribution in [3.8, 4) is 0 Å². The highest BCUT2D eigenvalue weighted by Gasteiger charge is 2.37. The lowest BCUT2D eigenvalue weighted by molar-refractivity contribution is 0.0976. The summed E-state index contributed by atoms with van der Waals surface area (Å²) in [5.41, 5.74) is 0.851. The van der Waals surface area contributed by atoms with E-state index >= 15 is 0 Å². The molecule has 0 amide bonds. The molecule has 3 heteroatoms. The van der Waals surface area contributed by atoms with Gasteiger partial charge in [0.15, 0.2) is 5.78 Å². The summed E-state index contributed by atoms with van der Waals surface area (Å²) in [6.45, 7) is 3.92. The molecular weight excluding hydrogens is 247 g/mol. The first kappa shape index (κ1) is 9.84. The van der Waals surface area contributed by atoms with E-state index in [-0.39, 0.29) is 16.8 Å². The van der Waals surface area contributed by atoms with E-state index in [1.54, 1.807) is 0 Å². The van der Waals surface area contributed by atoms with Crippen molar-refractivity contribution in [3.05, 3.63) is 33.5 Å². The Morgan fingerprint density at radius 1 is 1.43 bits per heavy atom. The minimum absolute atomic E-state index is 0.0880. The van der Waals surface area contributed by atoms with Crippen LogP contribution in [0.25, 0.3) is 0 Å². The Kier molecular flexibility index (Phi) is 2.03. The number of hydrogen-bond donors (Lipinski definition) is 0. The maximum atomic E-state index is 13.5. The molecule has 1 aliphatic rings. The van der Waals surface area contributed by atoms with Gasteiger partial charge in [-0.05, 0) is 23.1 Å².